The molecule has 3 aromatic heterocycles. The number of nitrogens with one attached hydrogen (secondary N) is 2. The maximum Gasteiger partial charge on any atom is 0.473 e. The molecule has 2 aliphatic rings. The number of nitrogens with zero attached hydrogens (tertiary/aromatic N) is 8. The molecule has 41 heavy (non-hydrogen) atoms. The number of aliphatic hydroxyl groups excluding tert-OH is 1. The molecule has 5 heterocycles. The molecule has 17 nitrogen and oxygen atoms in total. The summed E-state index contributed by atoms with van der Waals surface area (Å²) in [5.41, 5.74) is 1.74. The predicted octanol–water partition coefficient (Wildman–Crippen LogP) is 1.05. The number of phosphoric ester groups is 1. The normalized spacial score (nSPS) is 26.3. The van der Waals surface area contributed by atoms with Crippen LogP contribution in [0.25, 0.3) is 11.2 Å². The zero-order chi connectivity index (χ0) is 28.7. The van der Waals surface area contributed by atoms with Crippen LogP contribution in [-0.4, -0.2) is 88.7 Å². The summed E-state index contributed by atoms with van der Waals surface area (Å²) in [5.74, 6) is 1.73. The molecule has 218 valence electrons. The van der Waals surface area contributed by atoms with Crippen LogP contribution in [0.4, 0.5) is 11.8 Å². The van der Waals surface area contributed by atoms with Gasteiger partial charge in [-0.05, 0) is 41.5 Å². The molecule has 6 rings (SSSR count). The molecule has 0 spiro atoms. The Morgan fingerprint density at radius 3 is 2.68 bits per heavy atom. The number of rotatable bonds is 10. The van der Waals surface area contributed by atoms with Crippen LogP contribution in [0.1, 0.15) is 30.6 Å². The van der Waals surface area contributed by atoms with Gasteiger partial charge in [0.15, 0.2) is 35.1 Å². The zero-order valence-corrected chi connectivity index (χ0v) is 23.2. The predicted molar refractivity (Wildman–Crippen MR) is 142 cm³/mol. The first-order chi connectivity index (χ1) is 19.8. The molecule has 1 aromatic carbocycles. The molecule has 0 amide bonds. The summed E-state index contributed by atoms with van der Waals surface area (Å²) in [6.07, 6.45) is -1.82. The SMILES string of the molecule is CCn1nnnc1[C@H]1O[C@@H](n2cnc3c(NC(CO)Cc4ccc(OC)cc4)nc(NC)nc32)[C@@H]2OP(=O)(O)O[C@@H]21. The van der Waals surface area contributed by atoms with Crippen molar-refractivity contribution in [2.75, 3.05) is 31.4 Å². The first-order valence-electron chi connectivity index (χ1n) is 12.9. The molecule has 4 N–H and O–H groups in total. The zero-order valence-electron chi connectivity index (χ0n) is 22.4. The van der Waals surface area contributed by atoms with Crippen molar-refractivity contribution in [1.29, 1.82) is 0 Å². The Labute approximate surface area is 233 Å². The van der Waals surface area contributed by atoms with E-state index in [9.17, 15) is 14.6 Å². The van der Waals surface area contributed by atoms with Crippen molar-refractivity contribution in [2.45, 2.75) is 50.5 Å². The molecule has 0 radical (unpaired) electrons. The number of aliphatic hydroxyl groups is 1. The molecular formula is C23H29N10O7P. The minimum absolute atomic E-state index is 0.173. The standard InChI is InChI=1S/C23H29N10O7P/c1-4-33-21(29-30-31-33)17-16-18(40-41(35,36)39-16)22(38-17)32-11-25-15-19(27-23(24-2)28-20(15)32)26-13(10-34)9-12-5-7-14(37-3)8-6-12/h5-8,11,13,16-18,22,34H,4,9-10H2,1-3H3,(H,35,36)(H2,24,26,27,28)/t13?,16-,17+,18-,22-/m1/s1. The minimum Gasteiger partial charge on any atom is -0.497 e. The van der Waals surface area contributed by atoms with Crippen molar-refractivity contribution in [1.82, 2.24) is 39.7 Å². The van der Waals surface area contributed by atoms with Crippen molar-refractivity contribution in [3.8, 4) is 5.75 Å². The van der Waals surface area contributed by atoms with Gasteiger partial charge in [0.2, 0.25) is 5.95 Å². The van der Waals surface area contributed by atoms with E-state index in [0.29, 0.717) is 35.8 Å². The molecule has 2 aliphatic heterocycles. The van der Waals surface area contributed by atoms with E-state index >= 15 is 0 Å². The Morgan fingerprint density at radius 2 is 1.98 bits per heavy atom. The van der Waals surface area contributed by atoms with Gasteiger partial charge in [-0.2, -0.15) is 9.97 Å². The van der Waals surface area contributed by atoms with E-state index in [4.69, 9.17) is 18.5 Å². The Kier molecular flexibility index (Phi) is 7.31. The van der Waals surface area contributed by atoms with Crippen LogP contribution in [-0.2, 0) is 31.3 Å². The van der Waals surface area contributed by atoms with E-state index in [1.807, 2.05) is 31.2 Å². The molecule has 4 aromatic rings. The third-order valence-electron chi connectivity index (χ3n) is 6.93. The highest BCUT2D eigenvalue weighted by molar-refractivity contribution is 7.47. The summed E-state index contributed by atoms with van der Waals surface area (Å²) < 4.78 is 37.9. The highest BCUT2D eigenvalue weighted by Gasteiger charge is 2.59. The average Bonchev–Trinajstić information content (AvgIpc) is 3.75. The number of imidazole rings is 1. The second-order valence-electron chi connectivity index (χ2n) is 9.45. The van der Waals surface area contributed by atoms with Crippen LogP contribution in [0.5, 0.6) is 5.75 Å². The van der Waals surface area contributed by atoms with Gasteiger partial charge in [-0.25, -0.2) is 14.2 Å². The van der Waals surface area contributed by atoms with Crippen molar-refractivity contribution in [2.24, 2.45) is 0 Å². The number of methoxy groups -OCH3 is 1. The van der Waals surface area contributed by atoms with Crippen LogP contribution >= 0.6 is 7.82 Å². The van der Waals surface area contributed by atoms with Crippen molar-refractivity contribution >= 4 is 30.8 Å². The van der Waals surface area contributed by atoms with E-state index in [0.717, 1.165) is 11.3 Å². The Morgan fingerprint density at radius 1 is 1.20 bits per heavy atom. The van der Waals surface area contributed by atoms with Gasteiger partial charge in [-0.3, -0.25) is 13.6 Å². The number of hydrogen-bond donors (Lipinski definition) is 4. The average molecular weight is 589 g/mol. The number of tetrazole rings is 1. The maximum atomic E-state index is 12.5. The molecule has 0 bridgehead atoms. The fraction of sp³-hybridized carbons (Fsp3) is 0.478. The molecule has 0 saturated carbocycles. The van der Waals surface area contributed by atoms with Gasteiger partial charge in [-0.15, -0.1) is 5.10 Å². The third-order valence-corrected chi connectivity index (χ3v) is 7.95. The number of ether oxygens (including phenoxy) is 2. The van der Waals surface area contributed by atoms with Gasteiger partial charge in [0.05, 0.1) is 26.1 Å². The second-order valence-corrected chi connectivity index (χ2v) is 10.8. The Hall–Kier alpha value is -3.73. The molecule has 0 aliphatic carbocycles. The summed E-state index contributed by atoms with van der Waals surface area (Å²) in [6.45, 7) is 2.13. The lowest BCUT2D eigenvalue weighted by atomic mass is 10.1. The van der Waals surface area contributed by atoms with Gasteiger partial charge in [0, 0.05) is 13.6 Å². The van der Waals surface area contributed by atoms with Crippen LogP contribution in [0.15, 0.2) is 30.6 Å². The largest absolute Gasteiger partial charge is 0.497 e. The Balaban J connectivity index is 1.34. The topological polar surface area (TPSA) is 206 Å². The Bertz CT molecular complexity index is 1580. The summed E-state index contributed by atoms with van der Waals surface area (Å²) in [6, 6.07) is 7.17. The highest BCUT2D eigenvalue weighted by atomic mass is 31.2. The lowest BCUT2D eigenvalue weighted by Gasteiger charge is -2.20. The number of aryl methyl sites for hydroxylation is 1. The summed E-state index contributed by atoms with van der Waals surface area (Å²) in [5, 5.41) is 28.1. The molecule has 2 fully saturated rings. The van der Waals surface area contributed by atoms with E-state index < -0.39 is 38.4 Å². The lowest BCUT2D eigenvalue weighted by molar-refractivity contribution is -0.0470. The number of benzene rings is 1. The van der Waals surface area contributed by atoms with Gasteiger partial charge < -0.3 is 30.1 Å². The second kappa shape index (κ2) is 10.9. The van der Waals surface area contributed by atoms with Crippen LogP contribution in [0.3, 0.4) is 0 Å². The van der Waals surface area contributed by atoms with Crippen LogP contribution in [0.2, 0.25) is 0 Å². The third kappa shape index (κ3) is 5.11. The highest BCUT2D eigenvalue weighted by Crippen LogP contribution is 2.61. The first kappa shape index (κ1) is 27.4. The summed E-state index contributed by atoms with van der Waals surface area (Å²) >= 11 is 0. The van der Waals surface area contributed by atoms with Crippen molar-refractivity contribution < 1.29 is 33.1 Å². The molecule has 2 unspecified atom stereocenters. The fourth-order valence-electron chi connectivity index (χ4n) is 4.99. The van der Waals surface area contributed by atoms with Gasteiger partial charge in [0.1, 0.15) is 18.0 Å². The molecular weight excluding hydrogens is 559 g/mol. The number of aromatic nitrogens is 8. The smallest absolute Gasteiger partial charge is 0.473 e. The van der Waals surface area contributed by atoms with Crippen molar-refractivity contribution in [3.63, 3.8) is 0 Å². The van der Waals surface area contributed by atoms with Crippen LogP contribution < -0.4 is 15.4 Å². The number of hydrogen-bond acceptors (Lipinski definition) is 14. The van der Waals surface area contributed by atoms with Gasteiger partial charge >= 0.3 is 7.82 Å². The van der Waals surface area contributed by atoms with Gasteiger partial charge in [0.25, 0.3) is 0 Å². The molecule has 2 saturated heterocycles. The van der Waals surface area contributed by atoms with Crippen LogP contribution in [0, 0.1) is 0 Å². The van der Waals surface area contributed by atoms with E-state index in [-0.39, 0.29) is 12.6 Å². The lowest BCUT2D eigenvalue weighted by Crippen LogP contribution is -2.28. The first-order valence-corrected chi connectivity index (χ1v) is 14.4. The fourth-order valence-corrected chi connectivity index (χ4v) is 6.11. The molecule has 18 heteroatoms. The quantitative estimate of drug-likeness (QED) is 0.191. The van der Waals surface area contributed by atoms with Gasteiger partial charge in [-0.1, -0.05) is 12.1 Å². The van der Waals surface area contributed by atoms with E-state index in [1.165, 1.54) is 11.0 Å². The summed E-state index contributed by atoms with van der Waals surface area (Å²) in [7, 11) is -1.08. The molecule has 6 atom stereocenters. The number of anilines is 2. The summed E-state index contributed by atoms with van der Waals surface area (Å²) in [4.78, 5) is 23.8. The number of fused-ring (bicyclic) bond motifs is 2. The van der Waals surface area contributed by atoms with E-state index in [1.54, 1.807) is 18.7 Å². The minimum atomic E-state index is -4.35. The maximum absolute atomic E-state index is 12.5. The number of phosphoric acid groups is 1. The van der Waals surface area contributed by atoms with Crippen molar-refractivity contribution in [3.05, 3.63) is 42.0 Å². The monoisotopic (exact) mass is 588 g/mol. The van der Waals surface area contributed by atoms with E-state index in [2.05, 4.69) is 41.1 Å².